The fourth-order valence-electron chi connectivity index (χ4n) is 4.75. The molecule has 6 heteroatoms. The van der Waals surface area contributed by atoms with Crippen molar-refractivity contribution in [2.75, 3.05) is 39.3 Å². The predicted molar refractivity (Wildman–Crippen MR) is 106 cm³/mol. The van der Waals surface area contributed by atoms with Gasteiger partial charge in [-0.2, -0.15) is 0 Å². The van der Waals surface area contributed by atoms with E-state index in [9.17, 15) is 5.11 Å². The molecule has 150 valence electrons. The maximum absolute atomic E-state index is 9.59. The van der Waals surface area contributed by atoms with Crippen molar-refractivity contribution in [3.05, 3.63) is 0 Å². The maximum Gasteiger partial charge on any atom is 0.191 e. The number of piperidine rings is 1. The molecular formula is C20H38N4O2. The van der Waals surface area contributed by atoms with Crippen molar-refractivity contribution < 1.29 is 9.84 Å². The second-order valence-electron chi connectivity index (χ2n) is 8.15. The highest BCUT2D eigenvalue weighted by Gasteiger charge is 2.59. The van der Waals surface area contributed by atoms with Gasteiger partial charge < -0.3 is 25.4 Å². The van der Waals surface area contributed by atoms with Gasteiger partial charge in [0, 0.05) is 44.2 Å². The van der Waals surface area contributed by atoms with Crippen LogP contribution in [0, 0.1) is 5.41 Å². The van der Waals surface area contributed by atoms with Gasteiger partial charge in [0.15, 0.2) is 5.96 Å². The number of likely N-dealkylation sites (tertiary alicyclic amines) is 1. The van der Waals surface area contributed by atoms with E-state index >= 15 is 0 Å². The summed E-state index contributed by atoms with van der Waals surface area (Å²) in [4.78, 5) is 7.26. The molecule has 3 N–H and O–H groups in total. The Morgan fingerprint density at radius 3 is 2.65 bits per heavy atom. The van der Waals surface area contributed by atoms with Crippen LogP contribution in [0.1, 0.15) is 58.8 Å². The molecule has 1 heterocycles. The van der Waals surface area contributed by atoms with E-state index < -0.39 is 0 Å². The molecule has 3 fully saturated rings. The smallest absolute Gasteiger partial charge is 0.191 e. The quantitative estimate of drug-likeness (QED) is 0.347. The van der Waals surface area contributed by atoms with E-state index in [1.54, 1.807) is 0 Å². The molecule has 6 nitrogen and oxygen atoms in total. The third-order valence-electron chi connectivity index (χ3n) is 6.55. The highest BCUT2D eigenvalue weighted by atomic mass is 16.5. The van der Waals surface area contributed by atoms with E-state index in [4.69, 9.17) is 9.73 Å². The van der Waals surface area contributed by atoms with E-state index in [1.807, 2.05) is 0 Å². The lowest BCUT2D eigenvalue weighted by molar-refractivity contribution is -0.168. The van der Waals surface area contributed by atoms with Crippen LogP contribution in [0.3, 0.4) is 0 Å². The molecule has 1 aliphatic heterocycles. The number of guanidine groups is 1. The maximum atomic E-state index is 9.59. The van der Waals surface area contributed by atoms with Gasteiger partial charge >= 0.3 is 0 Å². The molecule has 0 amide bonds. The van der Waals surface area contributed by atoms with Gasteiger partial charge in [0.05, 0.1) is 12.2 Å². The highest BCUT2D eigenvalue weighted by molar-refractivity contribution is 5.80. The Kier molecular flexibility index (Phi) is 7.18. The minimum Gasteiger partial charge on any atom is -0.393 e. The molecule has 0 aromatic carbocycles. The summed E-state index contributed by atoms with van der Waals surface area (Å²) in [6.07, 6.45) is 8.27. The fraction of sp³-hybridized carbons (Fsp3) is 0.950. The van der Waals surface area contributed by atoms with Gasteiger partial charge in [0.2, 0.25) is 0 Å². The number of rotatable bonds is 8. The molecule has 1 spiro atoms. The second-order valence-corrected chi connectivity index (χ2v) is 8.15. The summed E-state index contributed by atoms with van der Waals surface area (Å²) < 4.78 is 5.96. The van der Waals surface area contributed by atoms with Crippen LogP contribution in [-0.2, 0) is 4.74 Å². The molecule has 0 aromatic heterocycles. The first kappa shape index (κ1) is 19.9. The Morgan fingerprint density at radius 1 is 1.27 bits per heavy atom. The summed E-state index contributed by atoms with van der Waals surface area (Å²) in [7, 11) is 0. The molecule has 2 aliphatic carbocycles. The normalized spacial score (nSPS) is 29.3. The molecule has 0 bridgehead atoms. The minimum atomic E-state index is -0.0874. The summed E-state index contributed by atoms with van der Waals surface area (Å²) in [6.45, 7) is 9.91. The number of nitrogens with zero attached hydrogens (tertiary/aromatic N) is 2. The average Bonchev–Trinajstić information content (AvgIpc) is 2.57. The molecule has 0 aromatic rings. The summed E-state index contributed by atoms with van der Waals surface area (Å²) in [5, 5.41) is 16.7. The summed E-state index contributed by atoms with van der Waals surface area (Å²) in [6, 6.07) is 0.509. The van der Waals surface area contributed by atoms with E-state index in [1.165, 1.54) is 19.3 Å². The Labute approximate surface area is 158 Å². The standard InChI is InChI=1S/C20H38N4O2/c1-3-21-19(22-11-6-12-24-13-7-16(25)8-14-24)23-17-15-18(26-4-2)20(17)9-5-10-20/h16-18,25H,3-15H2,1-2H3,(H2,21,22,23). The van der Waals surface area contributed by atoms with Crippen LogP contribution in [-0.4, -0.2) is 73.5 Å². The van der Waals surface area contributed by atoms with Gasteiger partial charge in [-0.1, -0.05) is 6.42 Å². The lowest BCUT2D eigenvalue weighted by Crippen LogP contribution is -2.68. The Bertz CT molecular complexity index is 459. The highest BCUT2D eigenvalue weighted by Crippen LogP contribution is 2.57. The van der Waals surface area contributed by atoms with Crippen LogP contribution in [0.25, 0.3) is 0 Å². The Balaban J connectivity index is 1.43. The molecule has 1 saturated heterocycles. The molecule has 0 radical (unpaired) electrons. The molecule has 26 heavy (non-hydrogen) atoms. The summed E-state index contributed by atoms with van der Waals surface area (Å²) >= 11 is 0. The van der Waals surface area contributed by atoms with Crippen LogP contribution in [0.15, 0.2) is 4.99 Å². The minimum absolute atomic E-state index is 0.0874. The summed E-state index contributed by atoms with van der Waals surface area (Å²) in [5.74, 6) is 0.966. The summed E-state index contributed by atoms with van der Waals surface area (Å²) in [5.41, 5.74) is 0.362. The van der Waals surface area contributed by atoms with E-state index in [2.05, 4.69) is 29.4 Å². The molecule has 2 saturated carbocycles. The van der Waals surface area contributed by atoms with Gasteiger partial charge in [-0.15, -0.1) is 0 Å². The zero-order chi connectivity index (χ0) is 18.4. The largest absolute Gasteiger partial charge is 0.393 e. The number of aliphatic imine (C=N–C) groups is 1. The molecule has 3 aliphatic rings. The second kappa shape index (κ2) is 9.38. The number of nitrogens with one attached hydrogen (secondary N) is 2. The number of aliphatic hydroxyl groups is 1. The molecule has 3 rings (SSSR count). The van der Waals surface area contributed by atoms with Gasteiger partial charge in [-0.3, -0.25) is 4.99 Å². The third kappa shape index (κ3) is 4.52. The number of ether oxygens (including phenoxy) is 1. The first-order chi connectivity index (χ1) is 12.7. The topological polar surface area (TPSA) is 69.1 Å². The predicted octanol–water partition coefficient (Wildman–Crippen LogP) is 1.74. The molecular weight excluding hydrogens is 328 g/mol. The van der Waals surface area contributed by atoms with Crippen molar-refractivity contribution in [1.82, 2.24) is 15.5 Å². The van der Waals surface area contributed by atoms with Crippen molar-refractivity contribution in [2.24, 2.45) is 10.4 Å². The first-order valence-electron chi connectivity index (χ1n) is 10.7. The first-order valence-corrected chi connectivity index (χ1v) is 10.7. The number of aliphatic hydroxyl groups excluding tert-OH is 1. The van der Waals surface area contributed by atoms with Crippen LogP contribution in [0.5, 0.6) is 0 Å². The Morgan fingerprint density at radius 2 is 2.04 bits per heavy atom. The lowest BCUT2D eigenvalue weighted by Gasteiger charge is -2.61. The van der Waals surface area contributed by atoms with Gasteiger partial charge in [0.25, 0.3) is 0 Å². The van der Waals surface area contributed by atoms with Crippen LogP contribution in [0.4, 0.5) is 0 Å². The zero-order valence-corrected chi connectivity index (χ0v) is 16.7. The molecule has 2 atom stereocenters. The van der Waals surface area contributed by atoms with E-state index in [0.717, 1.165) is 71.0 Å². The van der Waals surface area contributed by atoms with Crippen molar-refractivity contribution in [3.63, 3.8) is 0 Å². The van der Waals surface area contributed by atoms with E-state index in [0.29, 0.717) is 17.6 Å². The van der Waals surface area contributed by atoms with Gasteiger partial charge in [-0.25, -0.2) is 0 Å². The monoisotopic (exact) mass is 366 g/mol. The van der Waals surface area contributed by atoms with Gasteiger partial charge in [0.1, 0.15) is 0 Å². The van der Waals surface area contributed by atoms with Crippen molar-refractivity contribution in [2.45, 2.75) is 77.0 Å². The fourth-order valence-corrected chi connectivity index (χ4v) is 4.75. The number of hydrogen-bond acceptors (Lipinski definition) is 4. The zero-order valence-electron chi connectivity index (χ0n) is 16.7. The lowest BCUT2D eigenvalue weighted by atomic mass is 9.51. The van der Waals surface area contributed by atoms with Gasteiger partial charge in [-0.05, 0) is 58.9 Å². The molecule has 2 unspecified atom stereocenters. The third-order valence-corrected chi connectivity index (χ3v) is 6.55. The average molecular weight is 367 g/mol. The van der Waals surface area contributed by atoms with Crippen molar-refractivity contribution in [3.8, 4) is 0 Å². The van der Waals surface area contributed by atoms with Crippen LogP contribution < -0.4 is 10.6 Å². The van der Waals surface area contributed by atoms with Crippen LogP contribution in [0.2, 0.25) is 0 Å². The van der Waals surface area contributed by atoms with Crippen LogP contribution >= 0.6 is 0 Å². The van der Waals surface area contributed by atoms with Crippen molar-refractivity contribution >= 4 is 5.96 Å². The SMILES string of the molecule is CCNC(=NCCCN1CCC(O)CC1)NC1CC(OCC)C12CCC2. The Hall–Kier alpha value is -0.850. The van der Waals surface area contributed by atoms with E-state index in [-0.39, 0.29) is 6.10 Å². The van der Waals surface area contributed by atoms with Crippen molar-refractivity contribution in [1.29, 1.82) is 0 Å². The number of hydrogen-bond donors (Lipinski definition) is 3.